The molecule has 1 aromatic heterocycles. The van der Waals surface area contributed by atoms with E-state index in [1.54, 1.807) is 19.5 Å². The van der Waals surface area contributed by atoms with Crippen molar-refractivity contribution in [3.8, 4) is 5.75 Å². The standard InChI is InChI=1S/C23H25N5O2S/c1-30-20-9-7-18(8-10-20)26-21(29)17-31-23-22(24-11-12-25-23)28-15-13-27(14-16-28)19-5-3-2-4-6-19/h2-12H,13-17H2,1H3,(H,26,29). The monoisotopic (exact) mass is 435 g/mol. The quantitative estimate of drug-likeness (QED) is 0.569. The molecule has 2 aromatic carbocycles. The van der Waals surface area contributed by atoms with E-state index in [0.717, 1.165) is 48.5 Å². The van der Waals surface area contributed by atoms with Crippen molar-refractivity contribution in [3.63, 3.8) is 0 Å². The lowest BCUT2D eigenvalue weighted by atomic mass is 10.2. The average Bonchev–Trinajstić information content (AvgIpc) is 2.84. The van der Waals surface area contributed by atoms with Crippen molar-refractivity contribution in [2.45, 2.75) is 5.03 Å². The van der Waals surface area contributed by atoms with Crippen molar-refractivity contribution in [2.75, 3.05) is 54.2 Å². The van der Waals surface area contributed by atoms with Gasteiger partial charge in [0.15, 0.2) is 5.82 Å². The van der Waals surface area contributed by atoms with Crippen LogP contribution in [-0.2, 0) is 4.79 Å². The molecule has 31 heavy (non-hydrogen) atoms. The molecule has 7 nitrogen and oxygen atoms in total. The van der Waals surface area contributed by atoms with Gasteiger partial charge in [-0.15, -0.1) is 0 Å². The number of nitrogens with one attached hydrogen (secondary N) is 1. The third-order valence-electron chi connectivity index (χ3n) is 5.06. The number of benzene rings is 2. The van der Waals surface area contributed by atoms with Gasteiger partial charge >= 0.3 is 0 Å². The number of methoxy groups -OCH3 is 1. The molecule has 1 saturated heterocycles. The number of thioether (sulfide) groups is 1. The topological polar surface area (TPSA) is 70.6 Å². The number of carbonyl (C=O) groups is 1. The number of para-hydroxylation sites is 1. The molecular formula is C23H25N5O2S. The zero-order chi connectivity index (χ0) is 21.5. The summed E-state index contributed by atoms with van der Waals surface area (Å²) in [7, 11) is 1.62. The summed E-state index contributed by atoms with van der Waals surface area (Å²) in [5.41, 5.74) is 1.98. The molecule has 2 heterocycles. The Morgan fingerprint density at radius 1 is 0.968 bits per heavy atom. The molecule has 0 radical (unpaired) electrons. The minimum atomic E-state index is -0.0827. The molecule has 1 aliphatic rings. The van der Waals surface area contributed by atoms with E-state index in [1.807, 2.05) is 30.3 Å². The Hall–Kier alpha value is -3.26. The van der Waals surface area contributed by atoms with Gasteiger partial charge in [0, 0.05) is 49.9 Å². The molecule has 1 fully saturated rings. The molecule has 8 heteroatoms. The highest BCUT2D eigenvalue weighted by Crippen LogP contribution is 2.27. The first kappa shape index (κ1) is 21.0. The largest absolute Gasteiger partial charge is 0.497 e. The van der Waals surface area contributed by atoms with Crippen molar-refractivity contribution < 1.29 is 9.53 Å². The number of hydrogen-bond donors (Lipinski definition) is 1. The van der Waals surface area contributed by atoms with Crippen LogP contribution in [0.4, 0.5) is 17.2 Å². The van der Waals surface area contributed by atoms with Gasteiger partial charge in [0.1, 0.15) is 10.8 Å². The van der Waals surface area contributed by atoms with Gasteiger partial charge in [-0.05, 0) is 36.4 Å². The fourth-order valence-corrected chi connectivity index (χ4v) is 4.24. The van der Waals surface area contributed by atoms with Crippen molar-refractivity contribution in [3.05, 3.63) is 67.0 Å². The molecular weight excluding hydrogens is 410 g/mol. The lowest BCUT2D eigenvalue weighted by molar-refractivity contribution is -0.113. The van der Waals surface area contributed by atoms with Crippen LogP contribution >= 0.6 is 11.8 Å². The highest BCUT2D eigenvalue weighted by Gasteiger charge is 2.21. The highest BCUT2D eigenvalue weighted by molar-refractivity contribution is 8.00. The van der Waals surface area contributed by atoms with Crippen molar-refractivity contribution >= 4 is 34.9 Å². The second kappa shape index (κ2) is 10.2. The van der Waals surface area contributed by atoms with E-state index in [0.29, 0.717) is 0 Å². The summed E-state index contributed by atoms with van der Waals surface area (Å²) in [5.74, 6) is 1.78. The number of amides is 1. The Labute approximate surface area is 186 Å². The number of anilines is 3. The molecule has 160 valence electrons. The van der Waals surface area contributed by atoms with E-state index in [-0.39, 0.29) is 11.7 Å². The Morgan fingerprint density at radius 2 is 1.65 bits per heavy atom. The Morgan fingerprint density at radius 3 is 2.35 bits per heavy atom. The smallest absolute Gasteiger partial charge is 0.234 e. The van der Waals surface area contributed by atoms with Crippen LogP contribution in [0.2, 0.25) is 0 Å². The van der Waals surface area contributed by atoms with Crippen molar-refractivity contribution in [2.24, 2.45) is 0 Å². The molecule has 0 atom stereocenters. The van der Waals surface area contributed by atoms with Crippen LogP contribution in [0.1, 0.15) is 0 Å². The Balaban J connectivity index is 1.33. The van der Waals surface area contributed by atoms with Crippen LogP contribution < -0.4 is 19.9 Å². The van der Waals surface area contributed by atoms with Crippen LogP contribution in [0.15, 0.2) is 72.0 Å². The minimum Gasteiger partial charge on any atom is -0.497 e. The van der Waals surface area contributed by atoms with Crippen LogP contribution in [-0.4, -0.2) is 54.9 Å². The fraction of sp³-hybridized carbons (Fsp3) is 0.261. The van der Waals surface area contributed by atoms with E-state index in [1.165, 1.54) is 17.4 Å². The zero-order valence-corrected chi connectivity index (χ0v) is 18.2. The zero-order valence-electron chi connectivity index (χ0n) is 17.4. The maximum Gasteiger partial charge on any atom is 0.234 e. The van der Waals surface area contributed by atoms with Gasteiger partial charge in [0.05, 0.1) is 12.9 Å². The first-order chi connectivity index (χ1) is 15.2. The Bertz CT molecular complexity index is 992. The summed E-state index contributed by atoms with van der Waals surface area (Å²) in [4.78, 5) is 26.1. The molecule has 1 N–H and O–H groups in total. The first-order valence-electron chi connectivity index (χ1n) is 10.2. The van der Waals surface area contributed by atoms with Crippen LogP contribution in [0.3, 0.4) is 0 Å². The summed E-state index contributed by atoms with van der Waals surface area (Å²) >= 11 is 1.41. The molecule has 0 saturated carbocycles. The van der Waals surface area contributed by atoms with Gasteiger partial charge in [-0.3, -0.25) is 4.79 Å². The number of carbonyl (C=O) groups excluding carboxylic acids is 1. The van der Waals surface area contributed by atoms with Crippen LogP contribution in [0.25, 0.3) is 0 Å². The Kier molecular flexibility index (Phi) is 6.89. The molecule has 0 unspecified atom stereocenters. The molecule has 4 rings (SSSR count). The predicted molar refractivity (Wildman–Crippen MR) is 125 cm³/mol. The summed E-state index contributed by atoms with van der Waals surface area (Å²) in [5, 5.41) is 3.68. The van der Waals surface area contributed by atoms with Crippen LogP contribution in [0.5, 0.6) is 5.75 Å². The number of ether oxygens (including phenoxy) is 1. The van der Waals surface area contributed by atoms with E-state index in [9.17, 15) is 4.79 Å². The van der Waals surface area contributed by atoms with Gasteiger partial charge in [0.25, 0.3) is 0 Å². The molecule has 0 spiro atoms. The normalized spacial score (nSPS) is 13.7. The van der Waals surface area contributed by atoms with E-state index in [4.69, 9.17) is 4.74 Å². The lowest BCUT2D eigenvalue weighted by Crippen LogP contribution is -2.47. The number of nitrogens with zero attached hydrogens (tertiary/aromatic N) is 4. The number of hydrogen-bond acceptors (Lipinski definition) is 7. The average molecular weight is 436 g/mol. The molecule has 1 amide bonds. The maximum absolute atomic E-state index is 12.4. The van der Waals surface area contributed by atoms with E-state index < -0.39 is 0 Å². The maximum atomic E-state index is 12.4. The molecule has 0 bridgehead atoms. The summed E-state index contributed by atoms with van der Waals surface area (Å²) in [6.07, 6.45) is 3.38. The van der Waals surface area contributed by atoms with Crippen molar-refractivity contribution in [1.82, 2.24) is 9.97 Å². The van der Waals surface area contributed by atoms with Crippen LogP contribution in [0, 0.1) is 0 Å². The van der Waals surface area contributed by atoms with Gasteiger partial charge in [-0.2, -0.15) is 0 Å². The molecule has 1 aliphatic heterocycles. The predicted octanol–water partition coefficient (Wildman–Crippen LogP) is 3.54. The van der Waals surface area contributed by atoms with Gasteiger partial charge < -0.3 is 19.9 Å². The third kappa shape index (κ3) is 5.46. The van der Waals surface area contributed by atoms with E-state index >= 15 is 0 Å². The van der Waals surface area contributed by atoms with Gasteiger partial charge in [-0.25, -0.2) is 9.97 Å². The number of piperazine rings is 1. The SMILES string of the molecule is COc1ccc(NC(=O)CSc2nccnc2N2CCN(c3ccccc3)CC2)cc1. The summed E-state index contributed by atoms with van der Waals surface area (Å²) in [6.45, 7) is 3.56. The second-order valence-electron chi connectivity index (χ2n) is 7.06. The molecule has 3 aromatic rings. The van der Waals surface area contributed by atoms with Gasteiger partial charge in [-0.1, -0.05) is 30.0 Å². The second-order valence-corrected chi connectivity index (χ2v) is 8.02. The van der Waals surface area contributed by atoms with Gasteiger partial charge in [0.2, 0.25) is 5.91 Å². The minimum absolute atomic E-state index is 0.0827. The fourth-order valence-electron chi connectivity index (χ4n) is 3.46. The number of rotatable bonds is 7. The lowest BCUT2D eigenvalue weighted by Gasteiger charge is -2.37. The molecule has 0 aliphatic carbocycles. The first-order valence-corrected chi connectivity index (χ1v) is 11.1. The summed E-state index contributed by atoms with van der Waals surface area (Å²) in [6, 6.07) is 17.7. The van der Waals surface area contributed by atoms with E-state index in [2.05, 4.69) is 49.4 Å². The highest BCUT2D eigenvalue weighted by atomic mass is 32.2. The third-order valence-corrected chi connectivity index (χ3v) is 6.03. The summed E-state index contributed by atoms with van der Waals surface area (Å²) < 4.78 is 5.14. The number of aromatic nitrogens is 2. The van der Waals surface area contributed by atoms with Crippen molar-refractivity contribution in [1.29, 1.82) is 0 Å².